The number of nitrogens with zero attached hydrogens (tertiary/aromatic N) is 3. The number of rotatable bonds is 4. The van der Waals surface area contributed by atoms with Crippen LogP contribution in [0, 0.1) is 10.1 Å². The van der Waals surface area contributed by atoms with Crippen molar-refractivity contribution in [3.63, 3.8) is 0 Å². The van der Waals surface area contributed by atoms with Gasteiger partial charge in [-0.1, -0.05) is 18.5 Å². The molecular formula is C16H15ClN4O2. The number of hydrogen-bond acceptors (Lipinski definition) is 4. The summed E-state index contributed by atoms with van der Waals surface area (Å²) >= 11 is 6.09. The van der Waals surface area contributed by atoms with Crippen LogP contribution < -0.4 is 5.73 Å². The van der Waals surface area contributed by atoms with Crippen molar-refractivity contribution in [3.05, 3.63) is 63.4 Å². The molecule has 0 aliphatic heterocycles. The van der Waals surface area contributed by atoms with Crippen molar-refractivity contribution in [2.75, 3.05) is 6.54 Å². The van der Waals surface area contributed by atoms with E-state index in [1.807, 2.05) is 17.4 Å². The summed E-state index contributed by atoms with van der Waals surface area (Å²) in [5.74, 6) is 0.0636. The molecular weight excluding hydrogens is 316 g/mol. The minimum atomic E-state index is -0.420. The standard InChI is InChI=1S/C16H15ClN4O2/c1-10(8-18)16-15(11-2-5-13(6-3-11)21(22)23)19-14-7-4-12(17)9-20(14)16/h2-7,9-10H,8,18H2,1H3. The molecule has 118 valence electrons. The summed E-state index contributed by atoms with van der Waals surface area (Å²) in [6.07, 6.45) is 1.81. The van der Waals surface area contributed by atoms with Crippen LogP contribution in [0.25, 0.3) is 16.9 Å². The van der Waals surface area contributed by atoms with Gasteiger partial charge < -0.3 is 10.1 Å². The highest BCUT2D eigenvalue weighted by Gasteiger charge is 2.19. The minimum Gasteiger partial charge on any atom is -0.330 e. The molecule has 1 atom stereocenters. The minimum absolute atomic E-state index is 0.0500. The Morgan fingerprint density at radius 3 is 2.61 bits per heavy atom. The number of imidazole rings is 1. The first-order chi connectivity index (χ1) is 11.0. The Morgan fingerprint density at radius 2 is 2.00 bits per heavy atom. The third-order valence-corrected chi connectivity index (χ3v) is 4.01. The van der Waals surface area contributed by atoms with E-state index in [1.54, 1.807) is 24.4 Å². The van der Waals surface area contributed by atoms with E-state index in [0.717, 1.165) is 22.6 Å². The highest BCUT2D eigenvalue weighted by atomic mass is 35.5. The number of pyridine rings is 1. The fraction of sp³-hybridized carbons (Fsp3) is 0.188. The van der Waals surface area contributed by atoms with E-state index in [9.17, 15) is 10.1 Å². The molecule has 0 fully saturated rings. The third kappa shape index (κ3) is 2.78. The first-order valence-corrected chi connectivity index (χ1v) is 7.51. The van der Waals surface area contributed by atoms with Gasteiger partial charge in [0.25, 0.3) is 5.69 Å². The Balaban J connectivity index is 2.21. The lowest BCUT2D eigenvalue weighted by Crippen LogP contribution is -2.12. The number of hydrogen-bond donors (Lipinski definition) is 1. The zero-order valence-electron chi connectivity index (χ0n) is 12.4. The maximum absolute atomic E-state index is 10.8. The van der Waals surface area contributed by atoms with Crippen LogP contribution in [0.1, 0.15) is 18.5 Å². The first-order valence-electron chi connectivity index (χ1n) is 7.13. The van der Waals surface area contributed by atoms with E-state index >= 15 is 0 Å². The summed E-state index contributed by atoms with van der Waals surface area (Å²) in [6.45, 7) is 2.47. The van der Waals surface area contributed by atoms with E-state index in [4.69, 9.17) is 17.3 Å². The summed E-state index contributed by atoms with van der Waals surface area (Å²) < 4.78 is 1.93. The van der Waals surface area contributed by atoms with Crippen molar-refractivity contribution < 1.29 is 4.92 Å². The summed E-state index contributed by atoms with van der Waals surface area (Å²) in [7, 11) is 0. The lowest BCUT2D eigenvalue weighted by atomic mass is 10.0. The molecule has 1 unspecified atom stereocenters. The Morgan fingerprint density at radius 1 is 1.30 bits per heavy atom. The highest BCUT2D eigenvalue weighted by Crippen LogP contribution is 2.31. The van der Waals surface area contributed by atoms with Crippen LogP contribution in [0.15, 0.2) is 42.6 Å². The first kappa shape index (κ1) is 15.5. The second kappa shape index (κ2) is 5.98. The molecule has 0 bridgehead atoms. The molecule has 0 saturated carbocycles. The van der Waals surface area contributed by atoms with Crippen LogP contribution in [0.2, 0.25) is 5.02 Å². The van der Waals surface area contributed by atoms with Crippen molar-refractivity contribution in [3.8, 4) is 11.3 Å². The van der Waals surface area contributed by atoms with Gasteiger partial charge in [-0.15, -0.1) is 0 Å². The lowest BCUT2D eigenvalue weighted by Gasteiger charge is -2.11. The number of halogens is 1. The van der Waals surface area contributed by atoms with Crippen LogP contribution in [-0.4, -0.2) is 20.9 Å². The van der Waals surface area contributed by atoms with Gasteiger partial charge in [-0.25, -0.2) is 4.98 Å². The molecule has 0 saturated heterocycles. The second-order valence-electron chi connectivity index (χ2n) is 5.36. The molecule has 0 radical (unpaired) electrons. The summed E-state index contributed by atoms with van der Waals surface area (Å²) in [4.78, 5) is 15.0. The zero-order valence-corrected chi connectivity index (χ0v) is 13.2. The molecule has 23 heavy (non-hydrogen) atoms. The lowest BCUT2D eigenvalue weighted by molar-refractivity contribution is -0.384. The molecule has 7 heteroatoms. The molecule has 2 aromatic heterocycles. The van der Waals surface area contributed by atoms with Crippen molar-refractivity contribution >= 4 is 22.9 Å². The van der Waals surface area contributed by atoms with E-state index in [2.05, 4.69) is 4.98 Å². The maximum atomic E-state index is 10.8. The molecule has 0 amide bonds. The van der Waals surface area contributed by atoms with Crippen LogP contribution in [-0.2, 0) is 0 Å². The molecule has 2 heterocycles. The Kier molecular flexibility index (Phi) is 4.02. The molecule has 0 aliphatic rings. The maximum Gasteiger partial charge on any atom is 0.269 e. The van der Waals surface area contributed by atoms with Gasteiger partial charge in [0.15, 0.2) is 0 Å². The molecule has 0 spiro atoms. The monoisotopic (exact) mass is 330 g/mol. The predicted octanol–water partition coefficient (Wildman–Crippen LogP) is 3.63. The number of fused-ring (bicyclic) bond motifs is 1. The Bertz CT molecular complexity index is 874. The molecule has 3 rings (SSSR count). The van der Waals surface area contributed by atoms with Gasteiger partial charge in [0.05, 0.1) is 21.3 Å². The summed E-state index contributed by atoms with van der Waals surface area (Å²) in [5, 5.41) is 11.4. The Labute approximate surface area is 137 Å². The normalized spacial score (nSPS) is 12.5. The summed E-state index contributed by atoms with van der Waals surface area (Å²) in [5.41, 5.74) is 9.17. The largest absolute Gasteiger partial charge is 0.330 e. The number of nitro groups is 1. The van der Waals surface area contributed by atoms with Crippen LogP contribution in [0.5, 0.6) is 0 Å². The third-order valence-electron chi connectivity index (χ3n) is 3.79. The summed E-state index contributed by atoms with van der Waals surface area (Å²) in [6, 6.07) is 9.97. The number of non-ortho nitro benzene ring substituents is 1. The smallest absolute Gasteiger partial charge is 0.269 e. The van der Waals surface area contributed by atoms with E-state index < -0.39 is 4.92 Å². The van der Waals surface area contributed by atoms with Crippen molar-refractivity contribution in [2.24, 2.45) is 5.73 Å². The SMILES string of the molecule is CC(CN)c1c(-c2ccc([N+](=O)[O-])cc2)nc2ccc(Cl)cn12. The molecule has 6 nitrogen and oxygen atoms in total. The van der Waals surface area contributed by atoms with Crippen molar-refractivity contribution in [1.82, 2.24) is 9.38 Å². The zero-order chi connectivity index (χ0) is 16.6. The second-order valence-corrected chi connectivity index (χ2v) is 5.80. The molecule has 1 aromatic carbocycles. The fourth-order valence-electron chi connectivity index (χ4n) is 2.57. The highest BCUT2D eigenvalue weighted by molar-refractivity contribution is 6.30. The van der Waals surface area contributed by atoms with Crippen LogP contribution in [0.3, 0.4) is 0 Å². The number of aromatic nitrogens is 2. The fourth-order valence-corrected chi connectivity index (χ4v) is 2.73. The topological polar surface area (TPSA) is 86.5 Å². The number of nitro benzene ring substituents is 1. The van der Waals surface area contributed by atoms with Crippen molar-refractivity contribution in [1.29, 1.82) is 0 Å². The van der Waals surface area contributed by atoms with Gasteiger partial charge in [0.1, 0.15) is 5.65 Å². The van der Waals surface area contributed by atoms with E-state index in [-0.39, 0.29) is 11.6 Å². The van der Waals surface area contributed by atoms with Gasteiger partial charge in [-0.2, -0.15) is 0 Å². The van der Waals surface area contributed by atoms with E-state index in [1.165, 1.54) is 12.1 Å². The van der Waals surface area contributed by atoms with Gasteiger partial charge in [-0.05, 0) is 24.3 Å². The van der Waals surface area contributed by atoms with Gasteiger partial charge in [-0.3, -0.25) is 10.1 Å². The van der Waals surface area contributed by atoms with Crippen LogP contribution >= 0.6 is 11.6 Å². The number of nitrogens with two attached hydrogens (primary N) is 1. The van der Waals surface area contributed by atoms with Gasteiger partial charge in [0, 0.05) is 36.4 Å². The average molecular weight is 331 g/mol. The molecule has 0 aliphatic carbocycles. The van der Waals surface area contributed by atoms with Crippen LogP contribution in [0.4, 0.5) is 5.69 Å². The van der Waals surface area contributed by atoms with Gasteiger partial charge >= 0.3 is 0 Å². The quantitative estimate of drug-likeness (QED) is 0.584. The van der Waals surface area contributed by atoms with E-state index in [0.29, 0.717) is 11.6 Å². The average Bonchev–Trinajstić information content (AvgIpc) is 2.92. The molecule has 2 N–H and O–H groups in total. The number of benzene rings is 1. The van der Waals surface area contributed by atoms with Gasteiger partial charge in [0.2, 0.25) is 0 Å². The predicted molar refractivity (Wildman–Crippen MR) is 89.8 cm³/mol. The van der Waals surface area contributed by atoms with Crippen molar-refractivity contribution in [2.45, 2.75) is 12.8 Å². The molecule has 3 aromatic rings. The Hall–Kier alpha value is -2.44.